The first-order valence-corrected chi connectivity index (χ1v) is 9.34. The van der Waals surface area contributed by atoms with Crippen LogP contribution in [0.25, 0.3) is 0 Å². The number of hydrogen-bond acceptors (Lipinski definition) is 4. The van der Waals surface area contributed by atoms with Crippen molar-refractivity contribution in [1.82, 2.24) is 15.1 Å². The van der Waals surface area contributed by atoms with Crippen LogP contribution in [0.4, 0.5) is 0 Å². The van der Waals surface area contributed by atoms with Gasteiger partial charge in [0.25, 0.3) is 5.91 Å². The van der Waals surface area contributed by atoms with E-state index in [0.29, 0.717) is 31.7 Å². The van der Waals surface area contributed by atoms with Gasteiger partial charge in [-0.2, -0.15) is 5.10 Å². The van der Waals surface area contributed by atoms with Crippen LogP contribution in [-0.2, 0) is 13.0 Å². The third-order valence-electron chi connectivity index (χ3n) is 5.41. The number of aromatic nitrogens is 2. The minimum absolute atomic E-state index is 0.114. The van der Waals surface area contributed by atoms with E-state index in [9.17, 15) is 9.90 Å². The van der Waals surface area contributed by atoms with E-state index in [1.807, 2.05) is 32.0 Å². The summed E-state index contributed by atoms with van der Waals surface area (Å²) in [4.78, 5) is 12.9. The van der Waals surface area contributed by atoms with Gasteiger partial charge in [-0.15, -0.1) is 0 Å². The lowest BCUT2D eigenvalue weighted by atomic mass is 9.74. The van der Waals surface area contributed by atoms with Gasteiger partial charge in [-0.1, -0.05) is 6.07 Å². The minimum Gasteiger partial charge on any atom is -0.493 e. The largest absolute Gasteiger partial charge is 0.493 e. The number of carbonyl (C=O) groups is 1. The maximum atomic E-state index is 12.9. The zero-order chi connectivity index (χ0) is 18.3. The van der Waals surface area contributed by atoms with E-state index >= 15 is 0 Å². The standard InChI is InChI=1S/C20H25N3O3/c1-3-23-17(8-12(2)22-23)20(25)21-19(15-10-16(24)11-15)14-4-5-18-13(9-14)6-7-26-18/h4-5,8-9,15-16,19,24H,3,6-7,10-11H2,1-2H3,(H,21,25)/t15?,16?,19-/m1/s1. The molecule has 0 radical (unpaired) electrons. The molecule has 1 aliphatic carbocycles. The molecule has 26 heavy (non-hydrogen) atoms. The number of aliphatic hydroxyl groups is 1. The van der Waals surface area contributed by atoms with Crippen molar-refractivity contribution >= 4 is 5.91 Å². The van der Waals surface area contributed by atoms with E-state index in [0.717, 1.165) is 23.4 Å². The van der Waals surface area contributed by atoms with E-state index < -0.39 is 0 Å². The van der Waals surface area contributed by atoms with Crippen molar-refractivity contribution in [3.05, 3.63) is 46.8 Å². The van der Waals surface area contributed by atoms with Crippen molar-refractivity contribution in [2.45, 2.75) is 51.8 Å². The summed E-state index contributed by atoms with van der Waals surface area (Å²) in [6.07, 6.45) is 2.06. The van der Waals surface area contributed by atoms with Crippen LogP contribution < -0.4 is 10.1 Å². The summed E-state index contributed by atoms with van der Waals surface area (Å²) in [6.45, 7) is 5.24. The van der Waals surface area contributed by atoms with Crippen molar-refractivity contribution < 1.29 is 14.6 Å². The molecule has 0 unspecified atom stereocenters. The van der Waals surface area contributed by atoms with Gasteiger partial charge in [-0.25, -0.2) is 0 Å². The molecule has 0 saturated heterocycles. The molecule has 138 valence electrons. The summed E-state index contributed by atoms with van der Waals surface area (Å²) in [5.41, 5.74) is 3.69. The van der Waals surface area contributed by atoms with Crippen LogP contribution >= 0.6 is 0 Å². The summed E-state index contributed by atoms with van der Waals surface area (Å²) < 4.78 is 7.33. The van der Waals surface area contributed by atoms with Gasteiger partial charge >= 0.3 is 0 Å². The fourth-order valence-electron chi connectivity index (χ4n) is 3.96. The number of amides is 1. The molecule has 1 aliphatic heterocycles. The monoisotopic (exact) mass is 355 g/mol. The number of fused-ring (bicyclic) bond motifs is 1. The SMILES string of the molecule is CCn1nc(C)cc1C(=O)N[C@H](c1ccc2c(c1)CCO2)C1CC(O)C1. The van der Waals surface area contributed by atoms with E-state index in [2.05, 4.69) is 16.5 Å². The second-order valence-electron chi connectivity index (χ2n) is 7.29. The normalized spacial score (nSPS) is 22.3. The van der Waals surface area contributed by atoms with Gasteiger partial charge in [0.05, 0.1) is 24.4 Å². The summed E-state index contributed by atoms with van der Waals surface area (Å²) in [5.74, 6) is 1.07. The molecule has 2 aromatic rings. The molecule has 1 amide bonds. The van der Waals surface area contributed by atoms with Crippen LogP contribution in [0.15, 0.2) is 24.3 Å². The number of nitrogens with zero attached hydrogens (tertiary/aromatic N) is 2. The molecule has 1 aromatic heterocycles. The van der Waals surface area contributed by atoms with Crippen LogP contribution in [-0.4, -0.2) is 33.5 Å². The first kappa shape index (κ1) is 17.1. The highest BCUT2D eigenvalue weighted by atomic mass is 16.5. The van der Waals surface area contributed by atoms with Gasteiger partial charge in [-0.05, 0) is 61.9 Å². The molecule has 2 N–H and O–H groups in total. The molecule has 1 aromatic carbocycles. The average molecular weight is 355 g/mol. The fourth-order valence-corrected chi connectivity index (χ4v) is 3.96. The van der Waals surface area contributed by atoms with E-state index in [-0.39, 0.29) is 24.0 Å². The van der Waals surface area contributed by atoms with Gasteiger partial charge in [0.1, 0.15) is 11.4 Å². The van der Waals surface area contributed by atoms with E-state index in [1.54, 1.807) is 4.68 Å². The topological polar surface area (TPSA) is 76.4 Å². The predicted octanol–water partition coefficient (Wildman–Crippen LogP) is 2.39. The second-order valence-corrected chi connectivity index (χ2v) is 7.29. The van der Waals surface area contributed by atoms with Crippen molar-refractivity contribution in [2.24, 2.45) is 5.92 Å². The van der Waals surface area contributed by atoms with Gasteiger partial charge in [0.15, 0.2) is 0 Å². The maximum absolute atomic E-state index is 12.9. The molecule has 0 bridgehead atoms. The quantitative estimate of drug-likeness (QED) is 0.863. The Kier molecular flexibility index (Phi) is 4.44. The first-order valence-electron chi connectivity index (χ1n) is 9.34. The number of aryl methyl sites for hydroxylation is 2. The van der Waals surface area contributed by atoms with Crippen LogP contribution in [0.2, 0.25) is 0 Å². The van der Waals surface area contributed by atoms with Crippen molar-refractivity contribution in [2.75, 3.05) is 6.61 Å². The molecule has 0 spiro atoms. The van der Waals surface area contributed by atoms with Crippen molar-refractivity contribution in [1.29, 1.82) is 0 Å². The third kappa shape index (κ3) is 3.09. The molecule has 4 rings (SSSR count). The molecule has 1 saturated carbocycles. The molecule has 1 fully saturated rings. The number of aliphatic hydroxyl groups excluding tert-OH is 1. The van der Waals surface area contributed by atoms with Gasteiger partial charge in [0.2, 0.25) is 0 Å². The Bertz CT molecular complexity index is 824. The van der Waals surface area contributed by atoms with Crippen LogP contribution in [0.3, 0.4) is 0 Å². The number of hydrogen-bond donors (Lipinski definition) is 2. The number of nitrogens with one attached hydrogen (secondary N) is 1. The average Bonchev–Trinajstić information content (AvgIpc) is 3.22. The Morgan fingerprint density at radius 2 is 2.23 bits per heavy atom. The smallest absolute Gasteiger partial charge is 0.270 e. The van der Waals surface area contributed by atoms with Crippen molar-refractivity contribution in [3.63, 3.8) is 0 Å². The lowest BCUT2D eigenvalue weighted by Crippen LogP contribution is -2.42. The molecule has 6 heteroatoms. The number of benzene rings is 1. The van der Waals surface area contributed by atoms with Gasteiger partial charge in [-0.3, -0.25) is 9.48 Å². The summed E-state index contributed by atoms with van der Waals surface area (Å²) in [7, 11) is 0. The summed E-state index contributed by atoms with van der Waals surface area (Å²) >= 11 is 0. The molecule has 1 atom stereocenters. The Morgan fingerprint density at radius 1 is 1.42 bits per heavy atom. The highest BCUT2D eigenvalue weighted by Crippen LogP contribution is 2.40. The van der Waals surface area contributed by atoms with Crippen LogP contribution in [0, 0.1) is 12.8 Å². The second kappa shape index (κ2) is 6.76. The lowest BCUT2D eigenvalue weighted by Gasteiger charge is -2.38. The molecule has 2 heterocycles. The lowest BCUT2D eigenvalue weighted by molar-refractivity contribution is 0.0234. The molecular formula is C20H25N3O3. The maximum Gasteiger partial charge on any atom is 0.270 e. The van der Waals surface area contributed by atoms with Crippen LogP contribution in [0.5, 0.6) is 5.75 Å². The highest BCUT2D eigenvalue weighted by Gasteiger charge is 2.36. The van der Waals surface area contributed by atoms with Gasteiger partial charge in [0, 0.05) is 13.0 Å². The molecule has 2 aliphatic rings. The fraction of sp³-hybridized carbons (Fsp3) is 0.500. The first-order chi connectivity index (χ1) is 12.5. The molecule has 6 nitrogen and oxygen atoms in total. The third-order valence-corrected chi connectivity index (χ3v) is 5.41. The summed E-state index contributed by atoms with van der Waals surface area (Å²) in [6, 6.07) is 7.87. The zero-order valence-electron chi connectivity index (χ0n) is 15.2. The number of carbonyl (C=O) groups excluding carboxylic acids is 1. The predicted molar refractivity (Wildman–Crippen MR) is 97.2 cm³/mol. The van der Waals surface area contributed by atoms with Gasteiger partial charge < -0.3 is 15.2 Å². The Morgan fingerprint density at radius 3 is 2.96 bits per heavy atom. The zero-order valence-corrected chi connectivity index (χ0v) is 15.2. The van der Waals surface area contributed by atoms with Crippen LogP contribution in [0.1, 0.15) is 53.1 Å². The summed E-state index contributed by atoms with van der Waals surface area (Å²) in [5, 5.41) is 17.3. The van der Waals surface area contributed by atoms with E-state index in [4.69, 9.17) is 4.74 Å². The Balaban J connectivity index is 1.60. The van der Waals surface area contributed by atoms with E-state index in [1.165, 1.54) is 5.56 Å². The Labute approximate surface area is 153 Å². The number of ether oxygens (including phenoxy) is 1. The Hall–Kier alpha value is -2.34. The number of rotatable bonds is 5. The van der Waals surface area contributed by atoms with Crippen molar-refractivity contribution in [3.8, 4) is 5.75 Å². The minimum atomic E-state index is -0.263. The molecular weight excluding hydrogens is 330 g/mol. The highest BCUT2D eigenvalue weighted by molar-refractivity contribution is 5.93.